The van der Waals surface area contributed by atoms with Crippen molar-refractivity contribution in [3.05, 3.63) is 20.8 Å². The van der Waals surface area contributed by atoms with Gasteiger partial charge in [-0.25, -0.2) is 4.98 Å². The van der Waals surface area contributed by atoms with Gasteiger partial charge in [0.25, 0.3) is 5.56 Å². The fraction of sp³-hybridized carbons (Fsp3) is 0.682. The summed E-state index contributed by atoms with van der Waals surface area (Å²) in [5.74, 6) is 0.851. The maximum Gasteiger partial charge on any atom is 0.263 e. The van der Waals surface area contributed by atoms with Crippen LogP contribution in [0.2, 0.25) is 0 Å². The van der Waals surface area contributed by atoms with Crippen LogP contribution in [-0.4, -0.2) is 41.0 Å². The van der Waals surface area contributed by atoms with Gasteiger partial charge >= 0.3 is 0 Å². The zero-order chi connectivity index (χ0) is 21.1. The minimum atomic E-state index is 0.0326. The smallest absolute Gasteiger partial charge is 0.263 e. The second kappa shape index (κ2) is 9.83. The van der Waals surface area contributed by atoms with Crippen LogP contribution in [0.15, 0.2) is 9.95 Å². The van der Waals surface area contributed by atoms with Crippen LogP contribution in [0.25, 0.3) is 10.2 Å². The number of carbonyl (C=O) groups is 1. The predicted molar refractivity (Wildman–Crippen MR) is 123 cm³/mol. The highest BCUT2D eigenvalue weighted by Gasteiger charge is 2.25. The Balaban J connectivity index is 1.53. The molecule has 1 amide bonds. The molecule has 1 N–H and O–H groups in total. The summed E-state index contributed by atoms with van der Waals surface area (Å²) in [6, 6.07) is 0.270. The average molecular weight is 450 g/mol. The second-order valence-electron chi connectivity index (χ2n) is 8.46. The number of rotatable bonds is 8. The Kier molecular flexibility index (Phi) is 7.16. The highest BCUT2D eigenvalue weighted by molar-refractivity contribution is 7.99. The minimum Gasteiger partial charge on any atom is -0.385 e. The van der Waals surface area contributed by atoms with Crippen molar-refractivity contribution in [3.63, 3.8) is 0 Å². The van der Waals surface area contributed by atoms with E-state index in [-0.39, 0.29) is 23.3 Å². The van der Waals surface area contributed by atoms with Gasteiger partial charge in [-0.2, -0.15) is 0 Å². The maximum absolute atomic E-state index is 13.3. The van der Waals surface area contributed by atoms with Crippen molar-refractivity contribution in [2.75, 3.05) is 19.5 Å². The quantitative estimate of drug-likeness (QED) is 0.377. The van der Waals surface area contributed by atoms with Crippen molar-refractivity contribution in [2.45, 2.75) is 76.0 Å². The fourth-order valence-corrected chi connectivity index (χ4v) is 6.78. The molecule has 0 radical (unpaired) electrons. The first-order chi connectivity index (χ1) is 14.6. The summed E-state index contributed by atoms with van der Waals surface area (Å²) < 4.78 is 6.94. The first-order valence-corrected chi connectivity index (χ1v) is 12.8. The molecule has 0 bridgehead atoms. The van der Waals surface area contributed by atoms with Crippen molar-refractivity contribution in [1.29, 1.82) is 0 Å². The number of thioether (sulfide) groups is 1. The van der Waals surface area contributed by atoms with Crippen LogP contribution in [0.3, 0.4) is 0 Å². The monoisotopic (exact) mass is 449 g/mol. The number of amides is 1. The number of nitrogens with zero attached hydrogens (tertiary/aromatic N) is 2. The molecule has 164 valence electrons. The Morgan fingerprint density at radius 1 is 1.30 bits per heavy atom. The standard InChI is InChI=1S/C22H31N3O3S2/c1-14-7-3-4-9-16(14)23-18(26)13-29-22-24-20-19(15-8-5-10-17(15)30-20)21(27)25(22)11-6-12-28-2/h14,16H,3-13H2,1-2H3,(H,23,26)/t14-,16-/m1/s1. The van der Waals surface area contributed by atoms with Crippen LogP contribution in [0, 0.1) is 5.92 Å². The van der Waals surface area contributed by atoms with Gasteiger partial charge in [0.2, 0.25) is 5.91 Å². The molecule has 2 aliphatic carbocycles. The molecule has 8 heteroatoms. The topological polar surface area (TPSA) is 73.2 Å². The van der Waals surface area contributed by atoms with E-state index in [1.54, 1.807) is 23.0 Å². The maximum atomic E-state index is 13.3. The molecule has 6 nitrogen and oxygen atoms in total. The lowest BCUT2D eigenvalue weighted by molar-refractivity contribution is -0.119. The number of thiophene rings is 1. The Hall–Kier alpha value is -1.38. The number of aromatic nitrogens is 2. The first-order valence-electron chi connectivity index (χ1n) is 11.0. The van der Waals surface area contributed by atoms with Gasteiger partial charge in [-0.1, -0.05) is 31.5 Å². The molecule has 30 heavy (non-hydrogen) atoms. The van der Waals surface area contributed by atoms with E-state index in [4.69, 9.17) is 9.72 Å². The Morgan fingerprint density at radius 3 is 2.93 bits per heavy atom. The molecule has 1 saturated carbocycles. The van der Waals surface area contributed by atoms with E-state index in [1.165, 1.54) is 41.5 Å². The molecule has 2 aliphatic rings. The van der Waals surface area contributed by atoms with Gasteiger partial charge < -0.3 is 10.1 Å². The normalized spacial score (nSPS) is 21.1. The molecular weight excluding hydrogens is 418 g/mol. The molecule has 0 aliphatic heterocycles. The molecule has 0 spiro atoms. The summed E-state index contributed by atoms with van der Waals surface area (Å²) in [6.45, 7) is 3.37. The van der Waals surface area contributed by atoms with Gasteiger partial charge in [0.15, 0.2) is 5.16 Å². The molecule has 0 aromatic carbocycles. The van der Waals surface area contributed by atoms with Crippen LogP contribution in [0.4, 0.5) is 0 Å². The van der Waals surface area contributed by atoms with E-state index in [0.717, 1.165) is 42.3 Å². The van der Waals surface area contributed by atoms with Crippen molar-refractivity contribution < 1.29 is 9.53 Å². The number of aryl methyl sites for hydroxylation is 2. The highest BCUT2D eigenvalue weighted by Crippen LogP contribution is 2.35. The third-order valence-electron chi connectivity index (χ3n) is 6.31. The highest BCUT2D eigenvalue weighted by atomic mass is 32.2. The van der Waals surface area contributed by atoms with Gasteiger partial charge in [-0.3, -0.25) is 14.2 Å². The number of carbonyl (C=O) groups excluding carboxylic acids is 1. The zero-order valence-electron chi connectivity index (χ0n) is 17.9. The SMILES string of the molecule is COCCCn1c(SCC(=O)N[C@@H]2CCCC[C@H]2C)nc2sc3c(c2c1=O)CCC3. The van der Waals surface area contributed by atoms with Crippen LogP contribution in [0.5, 0.6) is 0 Å². The third kappa shape index (κ3) is 4.60. The number of hydrogen-bond donors (Lipinski definition) is 1. The summed E-state index contributed by atoms with van der Waals surface area (Å²) in [7, 11) is 1.67. The molecule has 0 saturated heterocycles. The molecule has 2 atom stereocenters. The summed E-state index contributed by atoms with van der Waals surface area (Å²) in [5, 5.41) is 4.65. The van der Waals surface area contributed by atoms with Crippen molar-refractivity contribution >= 4 is 39.2 Å². The number of fused-ring (bicyclic) bond motifs is 3. The predicted octanol–water partition coefficient (Wildman–Crippen LogP) is 3.77. The van der Waals surface area contributed by atoms with E-state index in [1.807, 2.05) is 0 Å². The van der Waals surface area contributed by atoms with Gasteiger partial charge in [-0.05, 0) is 50.0 Å². The van der Waals surface area contributed by atoms with E-state index < -0.39 is 0 Å². The Morgan fingerprint density at radius 2 is 2.13 bits per heavy atom. The van der Waals surface area contributed by atoms with Crippen LogP contribution < -0.4 is 10.9 Å². The largest absolute Gasteiger partial charge is 0.385 e. The van der Waals surface area contributed by atoms with E-state index in [9.17, 15) is 9.59 Å². The van der Waals surface area contributed by atoms with Crippen molar-refractivity contribution in [2.24, 2.45) is 5.92 Å². The van der Waals surface area contributed by atoms with E-state index in [2.05, 4.69) is 12.2 Å². The number of ether oxygens (including phenoxy) is 1. The minimum absolute atomic E-state index is 0.0326. The van der Waals surface area contributed by atoms with E-state index >= 15 is 0 Å². The molecular formula is C22H31N3O3S2. The second-order valence-corrected chi connectivity index (χ2v) is 10.5. The Bertz CT molecular complexity index is 969. The lowest BCUT2D eigenvalue weighted by atomic mass is 9.86. The molecule has 2 heterocycles. The lowest BCUT2D eigenvalue weighted by Crippen LogP contribution is -2.42. The van der Waals surface area contributed by atoms with Crippen LogP contribution in [0.1, 0.15) is 55.9 Å². The van der Waals surface area contributed by atoms with Gasteiger partial charge in [0.1, 0.15) is 4.83 Å². The molecule has 2 aromatic heterocycles. The Labute approximate surface area is 185 Å². The first kappa shape index (κ1) is 21.8. The molecule has 1 fully saturated rings. The fourth-order valence-electron chi connectivity index (χ4n) is 4.64. The third-order valence-corrected chi connectivity index (χ3v) is 8.47. The molecule has 2 aromatic rings. The number of methoxy groups -OCH3 is 1. The number of hydrogen-bond acceptors (Lipinski definition) is 6. The zero-order valence-corrected chi connectivity index (χ0v) is 19.5. The average Bonchev–Trinajstić information content (AvgIpc) is 3.31. The van der Waals surface area contributed by atoms with Crippen LogP contribution in [-0.2, 0) is 28.9 Å². The molecule has 4 rings (SSSR count). The van der Waals surface area contributed by atoms with Crippen molar-refractivity contribution in [3.8, 4) is 0 Å². The summed E-state index contributed by atoms with van der Waals surface area (Å²) in [4.78, 5) is 32.9. The summed E-state index contributed by atoms with van der Waals surface area (Å²) in [5.41, 5.74) is 1.24. The number of nitrogens with one attached hydrogen (secondary N) is 1. The van der Waals surface area contributed by atoms with E-state index in [0.29, 0.717) is 24.2 Å². The summed E-state index contributed by atoms with van der Waals surface area (Å²) in [6.07, 6.45) is 8.56. The van der Waals surface area contributed by atoms with Crippen LogP contribution >= 0.6 is 23.1 Å². The lowest BCUT2D eigenvalue weighted by Gasteiger charge is -2.29. The summed E-state index contributed by atoms with van der Waals surface area (Å²) >= 11 is 3.03. The van der Waals surface area contributed by atoms with Gasteiger partial charge in [-0.15, -0.1) is 11.3 Å². The van der Waals surface area contributed by atoms with Gasteiger partial charge in [0, 0.05) is 31.2 Å². The molecule has 0 unspecified atom stereocenters. The van der Waals surface area contributed by atoms with Crippen molar-refractivity contribution in [1.82, 2.24) is 14.9 Å². The van der Waals surface area contributed by atoms with Gasteiger partial charge in [0.05, 0.1) is 11.1 Å².